The van der Waals surface area contributed by atoms with E-state index < -0.39 is 13.8 Å². The molecule has 3 heterocycles. The van der Waals surface area contributed by atoms with Gasteiger partial charge in [0.25, 0.3) is 0 Å². The van der Waals surface area contributed by atoms with E-state index in [0.717, 1.165) is 56.6 Å². The second-order valence-corrected chi connectivity index (χ2v) is 11.1. The fourth-order valence-electron chi connectivity index (χ4n) is 6.11. The monoisotopic (exact) mass is 514 g/mol. The van der Waals surface area contributed by atoms with Gasteiger partial charge >= 0.3 is 0 Å². The standard InChI is InChI=1S/C33H23O4P/c1-2-10-22(11-3-1)21-38-34-20-23-12-8-17-28-31(23)33(24-13-4-6-15-26(24)35-28)25-14-5-7-16-27(25)36-29-18-9-19-30(37-38)32(29)33/h1-19H,20-21H2/t33-,38?/m0/s1. The van der Waals surface area contributed by atoms with E-state index in [9.17, 15) is 0 Å². The molecule has 1 spiro atoms. The van der Waals surface area contributed by atoms with Crippen molar-refractivity contribution in [2.45, 2.75) is 18.2 Å². The summed E-state index contributed by atoms with van der Waals surface area (Å²) in [7, 11) is -1.28. The zero-order chi connectivity index (χ0) is 25.1. The number of hydrogen-bond donors (Lipinski definition) is 0. The Hall–Kier alpha value is -4.11. The van der Waals surface area contributed by atoms with Crippen LogP contribution in [-0.4, -0.2) is 0 Å². The van der Waals surface area contributed by atoms with Crippen LogP contribution in [0.3, 0.4) is 0 Å². The zero-order valence-electron chi connectivity index (χ0n) is 20.5. The second kappa shape index (κ2) is 8.46. The highest BCUT2D eigenvalue weighted by atomic mass is 31.2. The highest BCUT2D eigenvalue weighted by molar-refractivity contribution is 7.46. The van der Waals surface area contributed by atoms with Crippen molar-refractivity contribution in [1.29, 1.82) is 0 Å². The SMILES string of the molecule is c1ccc(CP2OCc3cccc4c3[C@]3(c5ccccc5O4)c4ccccc4Oc4cccc(c43)O2)cc1. The van der Waals surface area contributed by atoms with Crippen LogP contribution in [0.2, 0.25) is 0 Å². The van der Waals surface area contributed by atoms with Crippen molar-refractivity contribution < 1.29 is 18.5 Å². The Bertz CT molecular complexity index is 1660. The first-order chi connectivity index (χ1) is 18.8. The Morgan fingerprint density at radius 3 is 1.87 bits per heavy atom. The summed E-state index contributed by atoms with van der Waals surface area (Å²) >= 11 is 0. The van der Waals surface area contributed by atoms with Gasteiger partial charge in [0.15, 0.2) is 0 Å². The Morgan fingerprint density at radius 2 is 1.13 bits per heavy atom. The highest BCUT2D eigenvalue weighted by Crippen LogP contribution is 2.65. The first-order valence-corrected chi connectivity index (χ1v) is 14.1. The normalized spacial score (nSPS) is 19.9. The molecule has 0 aliphatic carbocycles. The summed E-state index contributed by atoms with van der Waals surface area (Å²) in [5.41, 5.74) is 5.80. The van der Waals surface area contributed by atoms with E-state index >= 15 is 0 Å². The third-order valence-electron chi connectivity index (χ3n) is 7.59. The van der Waals surface area contributed by atoms with Gasteiger partial charge in [0.2, 0.25) is 8.38 Å². The van der Waals surface area contributed by atoms with Crippen LogP contribution in [0.4, 0.5) is 0 Å². The maximum Gasteiger partial charge on any atom is 0.235 e. The summed E-state index contributed by atoms with van der Waals surface area (Å²) in [5.74, 6) is 4.06. The first kappa shape index (κ1) is 21.9. The minimum Gasteiger partial charge on any atom is -0.457 e. The lowest BCUT2D eigenvalue weighted by Crippen LogP contribution is -2.38. The molecule has 2 atom stereocenters. The van der Waals surface area contributed by atoms with Crippen molar-refractivity contribution >= 4 is 8.38 Å². The molecular weight excluding hydrogens is 491 g/mol. The average Bonchev–Trinajstić information content (AvgIpc) is 3.02. The molecule has 0 saturated heterocycles. The molecule has 0 fully saturated rings. The number of ether oxygens (including phenoxy) is 2. The lowest BCUT2D eigenvalue weighted by Gasteiger charge is -2.45. The van der Waals surface area contributed by atoms with Crippen molar-refractivity contribution in [2.24, 2.45) is 0 Å². The number of rotatable bonds is 2. The summed E-state index contributed by atoms with van der Waals surface area (Å²) < 4.78 is 26.6. The van der Waals surface area contributed by atoms with Crippen LogP contribution >= 0.6 is 8.38 Å². The Labute approximate surface area is 222 Å². The Balaban J connectivity index is 1.47. The van der Waals surface area contributed by atoms with Gasteiger partial charge in [0, 0.05) is 16.7 Å². The predicted octanol–water partition coefficient (Wildman–Crippen LogP) is 8.70. The Morgan fingerprint density at radius 1 is 0.553 bits per heavy atom. The number of hydrogen-bond acceptors (Lipinski definition) is 4. The predicted molar refractivity (Wildman–Crippen MR) is 147 cm³/mol. The van der Waals surface area contributed by atoms with E-state index in [-0.39, 0.29) is 0 Å². The molecule has 5 heteroatoms. The molecule has 8 rings (SSSR count). The van der Waals surface area contributed by atoms with Crippen LogP contribution in [0, 0.1) is 0 Å². The smallest absolute Gasteiger partial charge is 0.235 e. The third-order valence-corrected chi connectivity index (χ3v) is 9.03. The topological polar surface area (TPSA) is 36.9 Å². The van der Waals surface area contributed by atoms with E-state index in [2.05, 4.69) is 66.7 Å². The number of para-hydroxylation sites is 2. The van der Waals surface area contributed by atoms with Crippen molar-refractivity contribution in [3.8, 4) is 28.7 Å². The molecule has 184 valence electrons. The van der Waals surface area contributed by atoms with Crippen LogP contribution in [-0.2, 0) is 22.7 Å². The lowest BCUT2D eigenvalue weighted by atomic mass is 9.61. The summed E-state index contributed by atoms with van der Waals surface area (Å²) in [6.07, 6.45) is 0.687. The molecule has 0 saturated carbocycles. The summed E-state index contributed by atoms with van der Waals surface area (Å²) in [6.45, 7) is 0.418. The summed E-state index contributed by atoms with van der Waals surface area (Å²) in [6, 6.07) is 39.4. The molecule has 4 nitrogen and oxygen atoms in total. The molecular formula is C33H23O4P. The fourth-order valence-corrected chi connectivity index (χ4v) is 7.49. The number of fused-ring (bicyclic) bond motifs is 2. The molecule has 5 aromatic rings. The van der Waals surface area contributed by atoms with E-state index in [1.807, 2.05) is 48.5 Å². The van der Waals surface area contributed by atoms with Gasteiger partial charge in [-0.2, -0.15) is 0 Å². The van der Waals surface area contributed by atoms with E-state index in [0.29, 0.717) is 12.8 Å². The third kappa shape index (κ3) is 3.11. The maximum atomic E-state index is 6.84. The molecule has 5 aromatic carbocycles. The summed E-state index contributed by atoms with van der Waals surface area (Å²) in [4.78, 5) is 0. The summed E-state index contributed by atoms with van der Waals surface area (Å²) in [5, 5.41) is 0. The molecule has 3 aliphatic rings. The molecule has 0 aromatic heterocycles. The highest BCUT2D eigenvalue weighted by Gasteiger charge is 2.53. The van der Waals surface area contributed by atoms with Crippen LogP contribution in [0.15, 0.2) is 115 Å². The average molecular weight is 515 g/mol. The maximum absolute atomic E-state index is 6.84. The van der Waals surface area contributed by atoms with Crippen LogP contribution in [0.25, 0.3) is 0 Å². The van der Waals surface area contributed by atoms with Crippen molar-refractivity contribution in [3.05, 3.63) is 149 Å². The van der Waals surface area contributed by atoms with Gasteiger partial charge in [-0.25, -0.2) is 0 Å². The van der Waals surface area contributed by atoms with E-state index in [1.165, 1.54) is 5.56 Å². The molecule has 0 bridgehead atoms. The van der Waals surface area contributed by atoms with Gasteiger partial charge in [-0.05, 0) is 41.5 Å². The molecule has 0 amide bonds. The minimum absolute atomic E-state index is 0.418. The quantitative estimate of drug-likeness (QED) is 0.216. The number of benzene rings is 5. The molecule has 0 N–H and O–H groups in total. The molecule has 0 radical (unpaired) electrons. The largest absolute Gasteiger partial charge is 0.457 e. The Kier molecular flexibility index (Phi) is 4.88. The van der Waals surface area contributed by atoms with Crippen LogP contribution < -0.4 is 14.0 Å². The lowest BCUT2D eigenvalue weighted by molar-refractivity contribution is 0.301. The van der Waals surface area contributed by atoms with Crippen molar-refractivity contribution in [3.63, 3.8) is 0 Å². The zero-order valence-corrected chi connectivity index (χ0v) is 21.4. The molecule has 1 unspecified atom stereocenters. The van der Waals surface area contributed by atoms with Gasteiger partial charge in [0.1, 0.15) is 28.7 Å². The molecule has 38 heavy (non-hydrogen) atoms. The van der Waals surface area contributed by atoms with Gasteiger partial charge in [-0.15, -0.1) is 0 Å². The van der Waals surface area contributed by atoms with Gasteiger partial charge in [-0.1, -0.05) is 84.9 Å². The van der Waals surface area contributed by atoms with Gasteiger partial charge < -0.3 is 18.5 Å². The minimum atomic E-state index is -1.28. The van der Waals surface area contributed by atoms with Gasteiger partial charge in [-0.3, -0.25) is 0 Å². The van der Waals surface area contributed by atoms with E-state index in [1.54, 1.807) is 0 Å². The first-order valence-electron chi connectivity index (χ1n) is 12.8. The van der Waals surface area contributed by atoms with E-state index in [4.69, 9.17) is 18.5 Å². The van der Waals surface area contributed by atoms with Crippen molar-refractivity contribution in [2.75, 3.05) is 0 Å². The van der Waals surface area contributed by atoms with Crippen LogP contribution in [0.1, 0.15) is 33.4 Å². The molecule has 3 aliphatic heterocycles. The second-order valence-electron chi connectivity index (χ2n) is 9.71. The van der Waals surface area contributed by atoms with Crippen molar-refractivity contribution in [1.82, 2.24) is 0 Å². The van der Waals surface area contributed by atoms with Crippen LogP contribution in [0.5, 0.6) is 28.7 Å². The van der Waals surface area contributed by atoms with Gasteiger partial charge in [0.05, 0.1) is 23.7 Å². The fraction of sp³-hybridized carbons (Fsp3) is 0.0909.